The lowest BCUT2D eigenvalue weighted by molar-refractivity contribution is -0.120. The summed E-state index contributed by atoms with van der Waals surface area (Å²) in [6, 6.07) is 9.10. The second kappa shape index (κ2) is 7.03. The molecule has 1 fully saturated rings. The highest BCUT2D eigenvalue weighted by Crippen LogP contribution is 2.27. The van der Waals surface area contributed by atoms with Crippen molar-refractivity contribution in [3.63, 3.8) is 0 Å². The molecule has 2 aromatic rings. The minimum absolute atomic E-state index is 0.0492. The Morgan fingerprint density at radius 1 is 1.21 bits per heavy atom. The predicted molar refractivity (Wildman–Crippen MR) is 91.3 cm³/mol. The molecule has 0 amide bonds. The average molecular weight is 329 g/mol. The van der Waals surface area contributed by atoms with E-state index in [0.717, 1.165) is 35.8 Å². The Balaban J connectivity index is 1.87. The molecule has 1 aliphatic rings. The van der Waals surface area contributed by atoms with Gasteiger partial charge in [0.1, 0.15) is 6.04 Å². The Labute approximate surface area is 140 Å². The van der Waals surface area contributed by atoms with Gasteiger partial charge in [0.25, 0.3) is 0 Å². The zero-order valence-corrected chi connectivity index (χ0v) is 13.9. The van der Waals surface area contributed by atoms with Crippen molar-refractivity contribution in [2.75, 3.05) is 0 Å². The minimum atomic E-state index is -0.718. The van der Waals surface area contributed by atoms with E-state index in [-0.39, 0.29) is 17.5 Å². The minimum Gasteiger partial charge on any atom is -0.298 e. The number of aromatic amines is 1. The first-order valence-corrected chi connectivity index (χ1v) is 8.55. The highest BCUT2D eigenvalue weighted by molar-refractivity contribution is 5.79. The van der Waals surface area contributed by atoms with Crippen molar-refractivity contribution in [3.8, 4) is 0 Å². The van der Waals surface area contributed by atoms with Crippen LogP contribution in [0.5, 0.6) is 0 Å². The first kappa shape index (κ1) is 16.5. The summed E-state index contributed by atoms with van der Waals surface area (Å²) >= 11 is 0. The number of ketones is 1. The fraction of sp³-hybridized carbons (Fsp3) is 0.500. The molecular formula is C18H23N3O3. The van der Waals surface area contributed by atoms with Crippen molar-refractivity contribution in [1.82, 2.24) is 14.3 Å². The first-order valence-electron chi connectivity index (χ1n) is 8.55. The van der Waals surface area contributed by atoms with Crippen LogP contribution in [0, 0.1) is 0 Å². The number of Topliss-reactive ketones (excluding diaryl/α,β-unsaturated/α-hetero) is 1. The smallest absolute Gasteiger partial charge is 0.298 e. The number of hydrogen-bond donors (Lipinski definition) is 1. The SMILES string of the molecule is CC(=O)C(CCc1ccccc1)n1c(=O)[nH]n(C2CCCC2)c1=O. The molecule has 1 N–H and O–H groups in total. The molecule has 1 atom stereocenters. The predicted octanol–water partition coefficient (Wildman–Crippen LogP) is 2.22. The molecule has 128 valence electrons. The fourth-order valence-electron chi connectivity index (χ4n) is 3.55. The second-order valence-corrected chi connectivity index (χ2v) is 6.53. The van der Waals surface area contributed by atoms with Gasteiger partial charge in [0.2, 0.25) is 0 Å². The van der Waals surface area contributed by atoms with Gasteiger partial charge in [-0.3, -0.25) is 4.79 Å². The van der Waals surface area contributed by atoms with Gasteiger partial charge < -0.3 is 0 Å². The fourth-order valence-corrected chi connectivity index (χ4v) is 3.55. The molecule has 1 unspecified atom stereocenters. The molecule has 1 aromatic carbocycles. The third-order valence-electron chi connectivity index (χ3n) is 4.87. The molecule has 3 rings (SSSR count). The Morgan fingerprint density at radius 2 is 1.88 bits per heavy atom. The zero-order valence-electron chi connectivity index (χ0n) is 13.9. The molecule has 6 heteroatoms. The normalized spacial score (nSPS) is 16.4. The molecule has 0 bridgehead atoms. The summed E-state index contributed by atoms with van der Waals surface area (Å²) in [4.78, 5) is 37.1. The lowest BCUT2D eigenvalue weighted by Gasteiger charge is -2.14. The van der Waals surface area contributed by atoms with Crippen LogP contribution < -0.4 is 11.4 Å². The van der Waals surface area contributed by atoms with E-state index in [0.29, 0.717) is 12.8 Å². The van der Waals surface area contributed by atoms with Gasteiger partial charge in [0.05, 0.1) is 6.04 Å². The van der Waals surface area contributed by atoms with Crippen molar-refractivity contribution < 1.29 is 4.79 Å². The summed E-state index contributed by atoms with van der Waals surface area (Å²) in [5.41, 5.74) is 0.212. The van der Waals surface area contributed by atoms with Crippen LogP contribution in [0.4, 0.5) is 0 Å². The zero-order chi connectivity index (χ0) is 17.1. The Bertz CT molecular complexity index is 810. The maximum atomic E-state index is 12.7. The van der Waals surface area contributed by atoms with E-state index in [2.05, 4.69) is 5.10 Å². The molecule has 24 heavy (non-hydrogen) atoms. The van der Waals surface area contributed by atoms with Crippen molar-refractivity contribution in [3.05, 3.63) is 56.9 Å². The number of rotatable bonds is 6. The highest BCUT2D eigenvalue weighted by Gasteiger charge is 2.26. The van der Waals surface area contributed by atoms with Gasteiger partial charge in [-0.25, -0.2) is 23.9 Å². The summed E-state index contributed by atoms with van der Waals surface area (Å²) < 4.78 is 2.53. The molecule has 1 aliphatic carbocycles. The van der Waals surface area contributed by atoms with E-state index in [1.54, 1.807) is 0 Å². The quantitative estimate of drug-likeness (QED) is 0.883. The third kappa shape index (κ3) is 3.27. The number of nitrogens with zero attached hydrogens (tertiary/aromatic N) is 2. The molecule has 0 aliphatic heterocycles. The maximum Gasteiger partial charge on any atom is 0.347 e. The Hall–Kier alpha value is -2.37. The van der Waals surface area contributed by atoms with E-state index < -0.39 is 11.7 Å². The van der Waals surface area contributed by atoms with Crippen molar-refractivity contribution in [2.45, 2.75) is 57.5 Å². The van der Waals surface area contributed by atoms with Gasteiger partial charge in [-0.2, -0.15) is 0 Å². The van der Waals surface area contributed by atoms with Gasteiger partial charge in [0, 0.05) is 0 Å². The summed E-state index contributed by atoms with van der Waals surface area (Å²) in [5, 5.41) is 2.65. The molecule has 1 heterocycles. The molecule has 0 spiro atoms. The number of aromatic nitrogens is 3. The van der Waals surface area contributed by atoms with E-state index in [9.17, 15) is 14.4 Å². The topological polar surface area (TPSA) is 76.9 Å². The van der Waals surface area contributed by atoms with E-state index in [1.807, 2.05) is 30.3 Å². The summed E-state index contributed by atoms with van der Waals surface area (Å²) in [5.74, 6) is -0.164. The average Bonchev–Trinajstić information content (AvgIpc) is 3.18. The largest absolute Gasteiger partial charge is 0.347 e. The molecule has 1 saturated carbocycles. The molecule has 1 aromatic heterocycles. The lowest BCUT2D eigenvalue weighted by atomic mass is 10.0. The summed E-state index contributed by atoms with van der Waals surface area (Å²) in [6.07, 6.45) is 5.01. The summed E-state index contributed by atoms with van der Waals surface area (Å²) in [7, 11) is 0. The van der Waals surface area contributed by atoms with Gasteiger partial charge >= 0.3 is 11.4 Å². The van der Waals surface area contributed by atoms with Gasteiger partial charge in [0.15, 0.2) is 5.78 Å². The molecule has 0 radical (unpaired) electrons. The van der Waals surface area contributed by atoms with Gasteiger partial charge in [-0.1, -0.05) is 43.2 Å². The van der Waals surface area contributed by atoms with Crippen LogP contribution in [0.25, 0.3) is 0 Å². The van der Waals surface area contributed by atoms with Crippen molar-refractivity contribution in [2.24, 2.45) is 0 Å². The Morgan fingerprint density at radius 3 is 2.50 bits per heavy atom. The number of nitrogens with one attached hydrogen (secondary N) is 1. The number of carbonyl (C=O) groups excluding carboxylic acids is 1. The van der Waals surface area contributed by atoms with E-state index in [4.69, 9.17) is 0 Å². The number of H-pyrrole nitrogens is 1. The number of carbonyl (C=O) groups is 1. The number of aryl methyl sites for hydroxylation is 1. The van der Waals surface area contributed by atoms with E-state index >= 15 is 0 Å². The molecule has 6 nitrogen and oxygen atoms in total. The van der Waals surface area contributed by atoms with Crippen LogP contribution >= 0.6 is 0 Å². The van der Waals surface area contributed by atoms with Gasteiger partial charge in [-0.15, -0.1) is 0 Å². The van der Waals surface area contributed by atoms with Gasteiger partial charge in [-0.05, 0) is 38.2 Å². The van der Waals surface area contributed by atoms with Crippen molar-refractivity contribution >= 4 is 5.78 Å². The second-order valence-electron chi connectivity index (χ2n) is 6.53. The van der Waals surface area contributed by atoms with Crippen LogP contribution in [0.2, 0.25) is 0 Å². The third-order valence-corrected chi connectivity index (χ3v) is 4.87. The molecule has 0 saturated heterocycles. The van der Waals surface area contributed by atoms with Crippen LogP contribution in [0.15, 0.2) is 39.9 Å². The summed E-state index contributed by atoms with van der Waals surface area (Å²) in [6.45, 7) is 1.44. The van der Waals surface area contributed by atoms with Crippen LogP contribution in [0.1, 0.15) is 56.7 Å². The maximum absolute atomic E-state index is 12.7. The van der Waals surface area contributed by atoms with Crippen LogP contribution in [0.3, 0.4) is 0 Å². The first-order chi connectivity index (χ1) is 11.6. The highest BCUT2D eigenvalue weighted by atomic mass is 16.2. The molecular weight excluding hydrogens is 306 g/mol. The lowest BCUT2D eigenvalue weighted by Crippen LogP contribution is -2.36. The Kier molecular flexibility index (Phi) is 4.83. The van der Waals surface area contributed by atoms with Crippen LogP contribution in [-0.4, -0.2) is 20.1 Å². The number of hydrogen-bond acceptors (Lipinski definition) is 3. The number of benzene rings is 1. The van der Waals surface area contributed by atoms with Crippen molar-refractivity contribution in [1.29, 1.82) is 0 Å². The van der Waals surface area contributed by atoms with E-state index in [1.165, 1.54) is 11.6 Å². The van der Waals surface area contributed by atoms with Crippen LogP contribution in [-0.2, 0) is 11.2 Å². The standard InChI is InChI=1S/C18H23N3O3/c1-13(22)16(12-11-14-7-3-2-4-8-14)20-17(23)19-21(18(20)24)15-9-5-6-10-15/h2-4,7-8,15-16H,5-6,9-12H2,1H3,(H,19,23). The monoisotopic (exact) mass is 329 g/mol.